The van der Waals surface area contributed by atoms with E-state index < -0.39 is 0 Å². The van der Waals surface area contributed by atoms with Crippen LogP contribution in [0.1, 0.15) is 16.1 Å². The number of aldehydes is 1. The maximum absolute atomic E-state index is 10.6. The van der Waals surface area contributed by atoms with E-state index in [1.54, 1.807) is 7.11 Å². The quantitative estimate of drug-likeness (QED) is 0.764. The fourth-order valence-electron chi connectivity index (χ4n) is 1.60. The van der Waals surface area contributed by atoms with E-state index in [1.165, 1.54) is 11.3 Å². The van der Waals surface area contributed by atoms with Gasteiger partial charge in [-0.2, -0.15) is 0 Å². The number of halogens is 1. The third kappa shape index (κ3) is 2.14. The highest BCUT2D eigenvalue weighted by molar-refractivity contribution is 7.17. The van der Waals surface area contributed by atoms with Crippen molar-refractivity contribution in [3.63, 3.8) is 0 Å². The summed E-state index contributed by atoms with van der Waals surface area (Å²) in [5.41, 5.74) is 0. The molecule has 1 saturated heterocycles. The molecule has 4 nitrogen and oxygen atoms in total. The van der Waals surface area contributed by atoms with Gasteiger partial charge < -0.3 is 9.64 Å². The average molecular weight is 247 g/mol. The Morgan fingerprint density at radius 1 is 1.73 bits per heavy atom. The molecule has 1 fully saturated rings. The van der Waals surface area contributed by atoms with Crippen LogP contribution in [-0.4, -0.2) is 37.6 Å². The Bertz CT molecular complexity index is 369. The number of thiazole rings is 1. The van der Waals surface area contributed by atoms with E-state index in [1.807, 2.05) is 0 Å². The smallest absolute Gasteiger partial charge is 0.187 e. The van der Waals surface area contributed by atoms with Gasteiger partial charge >= 0.3 is 0 Å². The predicted octanol–water partition coefficient (Wildman–Crippen LogP) is 1.83. The summed E-state index contributed by atoms with van der Waals surface area (Å²) in [5.74, 6) is 0. The topological polar surface area (TPSA) is 42.4 Å². The molecule has 82 valence electrons. The summed E-state index contributed by atoms with van der Waals surface area (Å²) < 4.78 is 5.26. The first-order valence-electron chi connectivity index (χ1n) is 4.64. The van der Waals surface area contributed by atoms with E-state index in [2.05, 4.69) is 9.88 Å². The third-order valence-corrected chi connectivity index (χ3v) is 3.90. The average Bonchev–Trinajstić information content (AvgIpc) is 2.83. The maximum Gasteiger partial charge on any atom is 0.187 e. The van der Waals surface area contributed by atoms with Crippen LogP contribution < -0.4 is 4.90 Å². The summed E-state index contributed by atoms with van der Waals surface area (Å²) in [6, 6.07) is 0. The summed E-state index contributed by atoms with van der Waals surface area (Å²) in [6.45, 7) is 1.72. The van der Waals surface area contributed by atoms with E-state index in [0.29, 0.717) is 10.0 Å². The Morgan fingerprint density at radius 2 is 2.53 bits per heavy atom. The van der Waals surface area contributed by atoms with Crippen molar-refractivity contribution in [3.8, 4) is 0 Å². The molecular formula is C9H11ClN2O2S. The Hall–Kier alpha value is -0.650. The molecule has 1 aromatic rings. The molecule has 0 spiro atoms. The first-order chi connectivity index (χ1) is 7.24. The summed E-state index contributed by atoms with van der Waals surface area (Å²) in [5, 5.41) is 1.10. The zero-order chi connectivity index (χ0) is 10.8. The molecule has 0 amide bonds. The first kappa shape index (κ1) is 10.9. The molecule has 0 radical (unpaired) electrons. The van der Waals surface area contributed by atoms with Gasteiger partial charge in [0.15, 0.2) is 16.6 Å². The lowest BCUT2D eigenvalue weighted by Crippen LogP contribution is -2.21. The number of aromatic nitrogens is 1. The molecule has 0 N–H and O–H groups in total. The summed E-state index contributed by atoms with van der Waals surface area (Å²) >= 11 is 7.13. The predicted molar refractivity (Wildman–Crippen MR) is 60.1 cm³/mol. The summed E-state index contributed by atoms with van der Waals surface area (Å²) in [6.07, 6.45) is 1.99. The molecule has 0 bridgehead atoms. The molecule has 2 heterocycles. The van der Waals surface area contributed by atoms with Crippen molar-refractivity contribution < 1.29 is 9.53 Å². The van der Waals surface area contributed by atoms with Gasteiger partial charge in [0.2, 0.25) is 0 Å². The molecule has 0 aromatic carbocycles. The maximum atomic E-state index is 10.6. The SMILES string of the molecule is CO[C@H]1CCN(c2nc(Cl)c(C=O)s2)C1. The van der Waals surface area contributed by atoms with Gasteiger partial charge in [-0.1, -0.05) is 22.9 Å². The zero-order valence-corrected chi connectivity index (χ0v) is 9.85. The molecule has 0 aliphatic carbocycles. The van der Waals surface area contributed by atoms with Crippen LogP contribution in [0.25, 0.3) is 0 Å². The van der Waals surface area contributed by atoms with Gasteiger partial charge in [-0.05, 0) is 6.42 Å². The lowest BCUT2D eigenvalue weighted by molar-refractivity contribution is 0.112. The number of methoxy groups -OCH3 is 1. The molecule has 1 aliphatic rings. The first-order valence-corrected chi connectivity index (χ1v) is 5.83. The Morgan fingerprint density at radius 3 is 3.07 bits per heavy atom. The van der Waals surface area contributed by atoms with E-state index in [-0.39, 0.29) is 6.10 Å². The largest absolute Gasteiger partial charge is 0.380 e. The van der Waals surface area contributed by atoms with E-state index in [4.69, 9.17) is 16.3 Å². The van der Waals surface area contributed by atoms with Crippen molar-refractivity contribution in [3.05, 3.63) is 10.0 Å². The van der Waals surface area contributed by atoms with Crippen molar-refractivity contribution in [2.45, 2.75) is 12.5 Å². The molecule has 6 heteroatoms. The number of rotatable bonds is 3. The zero-order valence-electron chi connectivity index (χ0n) is 8.27. The van der Waals surface area contributed by atoms with Gasteiger partial charge in [0.1, 0.15) is 4.88 Å². The van der Waals surface area contributed by atoms with E-state index in [9.17, 15) is 4.79 Å². The number of carbonyl (C=O) groups is 1. The second-order valence-electron chi connectivity index (χ2n) is 3.36. The molecule has 0 unspecified atom stereocenters. The molecule has 2 rings (SSSR count). The third-order valence-electron chi connectivity index (χ3n) is 2.45. The lowest BCUT2D eigenvalue weighted by Gasteiger charge is -2.13. The molecule has 15 heavy (non-hydrogen) atoms. The van der Waals surface area contributed by atoms with Crippen molar-refractivity contribution in [2.24, 2.45) is 0 Å². The van der Waals surface area contributed by atoms with Crippen molar-refractivity contribution in [1.29, 1.82) is 0 Å². The van der Waals surface area contributed by atoms with Gasteiger partial charge in [0.25, 0.3) is 0 Å². The monoisotopic (exact) mass is 246 g/mol. The van der Waals surface area contributed by atoms with Crippen LogP contribution in [0.2, 0.25) is 5.15 Å². The number of ether oxygens (including phenoxy) is 1. The second kappa shape index (κ2) is 4.47. The van der Waals surface area contributed by atoms with E-state index >= 15 is 0 Å². The fourth-order valence-corrected chi connectivity index (χ4v) is 2.70. The summed E-state index contributed by atoms with van der Waals surface area (Å²) in [7, 11) is 1.71. The Labute approximate surface area is 96.8 Å². The van der Waals surface area contributed by atoms with Gasteiger partial charge in [0, 0.05) is 20.2 Å². The van der Waals surface area contributed by atoms with Gasteiger partial charge in [0.05, 0.1) is 6.10 Å². The van der Waals surface area contributed by atoms with Gasteiger partial charge in [-0.25, -0.2) is 4.98 Å². The molecule has 1 aliphatic heterocycles. The Balaban J connectivity index is 2.13. The van der Waals surface area contributed by atoms with Crippen LogP contribution in [0.4, 0.5) is 5.13 Å². The second-order valence-corrected chi connectivity index (χ2v) is 4.73. The van der Waals surface area contributed by atoms with Gasteiger partial charge in [-0.3, -0.25) is 4.79 Å². The van der Waals surface area contributed by atoms with Crippen molar-refractivity contribution in [2.75, 3.05) is 25.1 Å². The van der Waals surface area contributed by atoms with Crippen LogP contribution >= 0.6 is 22.9 Å². The number of hydrogen-bond donors (Lipinski definition) is 0. The minimum atomic E-state index is 0.257. The van der Waals surface area contributed by atoms with Crippen LogP contribution in [0.5, 0.6) is 0 Å². The highest BCUT2D eigenvalue weighted by Gasteiger charge is 2.25. The lowest BCUT2D eigenvalue weighted by atomic mass is 10.3. The normalized spacial score (nSPS) is 20.9. The molecule has 1 atom stereocenters. The van der Waals surface area contributed by atoms with Crippen LogP contribution in [0.3, 0.4) is 0 Å². The van der Waals surface area contributed by atoms with Crippen LogP contribution in [0, 0.1) is 0 Å². The van der Waals surface area contributed by atoms with Crippen LogP contribution in [0.15, 0.2) is 0 Å². The fraction of sp³-hybridized carbons (Fsp3) is 0.556. The number of anilines is 1. The highest BCUT2D eigenvalue weighted by atomic mass is 35.5. The molecule has 0 saturated carbocycles. The minimum absolute atomic E-state index is 0.257. The number of nitrogens with zero attached hydrogens (tertiary/aromatic N) is 2. The molecular weight excluding hydrogens is 236 g/mol. The minimum Gasteiger partial charge on any atom is -0.380 e. The van der Waals surface area contributed by atoms with E-state index in [0.717, 1.165) is 30.9 Å². The van der Waals surface area contributed by atoms with Crippen molar-refractivity contribution >= 4 is 34.4 Å². The summed E-state index contributed by atoms with van der Waals surface area (Å²) in [4.78, 5) is 17.4. The number of carbonyl (C=O) groups excluding carboxylic acids is 1. The number of hydrogen-bond acceptors (Lipinski definition) is 5. The van der Waals surface area contributed by atoms with Gasteiger partial charge in [-0.15, -0.1) is 0 Å². The van der Waals surface area contributed by atoms with Crippen molar-refractivity contribution in [1.82, 2.24) is 4.98 Å². The Kier molecular flexibility index (Phi) is 3.23. The standard InChI is InChI=1S/C9H11ClN2O2S/c1-14-6-2-3-12(4-6)9-11-8(10)7(5-13)15-9/h5-6H,2-4H2,1H3/t6-/m0/s1. The molecule has 1 aromatic heterocycles. The highest BCUT2D eigenvalue weighted by Crippen LogP contribution is 2.30. The van der Waals surface area contributed by atoms with Crippen LogP contribution in [-0.2, 0) is 4.74 Å².